The van der Waals surface area contributed by atoms with Gasteiger partial charge in [-0.25, -0.2) is 0 Å². The van der Waals surface area contributed by atoms with E-state index in [9.17, 15) is 0 Å². The van der Waals surface area contributed by atoms with Crippen LogP contribution < -0.4 is 5.32 Å². The fourth-order valence-corrected chi connectivity index (χ4v) is 2.05. The summed E-state index contributed by atoms with van der Waals surface area (Å²) >= 11 is 0. The summed E-state index contributed by atoms with van der Waals surface area (Å²) in [7, 11) is 2.08. The van der Waals surface area contributed by atoms with Crippen molar-refractivity contribution in [2.45, 2.75) is 39.2 Å². The first-order valence-corrected chi connectivity index (χ1v) is 5.53. The Morgan fingerprint density at radius 1 is 1.54 bits per heavy atom. The second-order valence-electron chi connectivity index (χ2n) is 4.25. The van der Waals surface area contributed by atoms with Crippen molar-refractivity contribution in [3.05, 3.63) is 0 Å². The van der Waals surface area contributed by atoms with Crippen molar-refractivity contribution in [3.8, 4) is 0 Å². The maximum absolute atomic E-state index is 5.39. The van der Waals surface area contributed by atoms with Crippen LogP contribution in [0.15, 0.2) is 0 Å². The third-order valence-corrected chi connectivity index (χ3v) is 3.31. The number of nitrogens with one attached hydrogen (secondary N) is 1. The zero-order valence-electron chi connectivity index (χ0n) is 9.18. The predicted molar refractivity (Wildman–Crippen MR) is 55.8 cm³/mol. The molecular weight excluding hydrogens is 162 g/mol. The minimum Gasteiger partial charge on any atom is -0.381 e. The molecule has 1 aliphatic heterocycles. The highest BCUT2D eigenvalue weighted by Gasteiger charge is 2.22. The Bertz CT molecular complexity index is 132. The third kappa shape index (κ3) is 3.28. The molecule has 1 N–H and O–H groups in total. The predicted octanol–water partition coefficient (Wildman–Crippen LogP) is 2.05. The molecule has 13 heavy (non-hydrogen) atoms. The Hall–Kier alpha value is -0.0800. The van der Waals surface area contributed by atoms with Crippen LogP contribution >= 0.6 is 0 Å². The van der Waals surface area contributed by atoms with E-state index in [0.717, 1.165) is 25.0 Å². The highest BCUT2D eigenvalue weighted by molar-refractivity contribution is 4.76. The minimum atomic E-state index is 0.677. The van der Waals surface area contributed by atoms with Gasteiger partial charge in [-0.3, -0.25) is 0 Å². The van der Waals surface area contributed by atoms with Gasteiger partial charge >= 0.3 is 0 Å². The van der Waals surface area contributed by atoms with E-state index in [-0.39, 0.29) is 0 Å². The molecule has 1 rings (SSSR count). The molecule has 0 aromatic heterocycles. The van der Waals surface area contributed by atoms with Gasteiger partial charge in [0, 0.05) is 19.3 Å². The molecule has 0 bridgehead atoms. The summed E-state index contributed by atoms with van der Waals surface area (Å²) in [6.07, 6.45) is 3.80. The second-order valence-corrected chi connectivity index (χ2v) is 4.25. The Balaban J connectivity index is 2.29. The van der Waals surface area contributed by atoms with E-state index >= 15 is 0 Å². The van der Waals surface area contributed by atoms with Gasteiger partial charge < -0.3 is 10.1 Å². The van der Waals surface area contributed by atoms with Gasteiger partial charge in [-0.05, 0) is 31.7 Å². The van der Waals surface area contributed by atoms with Crippen LogP contribution in [-0.2, 0) is 4.74 Å². The van der Waals surface area contributed by atoms with E-state index in [1.165, 1.54) is 19.3 Å². The first-order valence-electron chi connectivity index (χ1n) is 5.53. The van der Waals surface area contributed by atoms with Crippen LogP contribution in [0.2, 0.25) is 0 Å². The molecule has 1 heterocycles. The lowest BCUT2D eigenvalue weighted by atomic mass is 9.90. The molecule has 1 saturated heterocycles. The van der Waals surface area contributed by atoms with E-state index in [4.69, 9.17) is 4.74 Å². The molecule has 1 aliphatic rings. The lowest BCUT2D eigenvalue weighted by Crippen LogP contribution is -2.34. The van der Waals surface area contributed by atoms with Crippen LogP contribution in [0.3, 0.4) is 0 Å². The van der Waals surface area contributed by atoms with E-state index in [1.54, 1.807) is 0 Å². The summed E-state index contributed by atoms with van der Waals surface area (Å²) in [5.41, 5.74) is 0. The molecule has 0 aromatic rings. The third-order valence-electron chi connectivity index (χ3n) is 3.31. The first-order chi connectivity index (χ1) is 6.27. The molecule has 0 radical (unpaired) electrons. The summed E-state index contributed by atoms with van der Waals surface area (Å²) in [5.74, 6) is 1.58. The van der Waals surface area contributed by atoms with Gasteiger partial charge in [0.25, 0.3) is 0 Å². The summed E-state index contributed by atoms with van der Waals surface area (Å²) < 4.78 is 5.39. The number of rotatable bonds is 5. The van der Waals surface area contributed by atoms with Gasteiger partial charge in [0.15, 0.2) is 0 Å². The largest absolute Gasteiger partial charge is 0.381 e. The van der Waals surface area contributed by atoms with Crippen molar-refractivity contribution >= 4 is 0 Å². The van der Waals surface area contributed by atoms with Gasteiger partial charge in [0.05, 0.1) is 0 Å². The van der Waals surface area contributed by atoms with Crippen molar-refractivity contribution < 1.29 is 4.74 Å². The van der Waals surface area contributed by atoms with Crippen LogP contribution in [0, 0.1) is 11.8 Å². The molecule has 0 amide bonds. The normalized spacial score (nSPS) is 27.5. The van der Waals surface area contributed by atoms with Crippen molar-refractivity contribution in [1.82, 2.24) is 5.32 Å². The molecule has 1 fully saturated rings. The Labute approximate surface area is 82.0 Å². The summed E-state index contributed by atoms with van der Waals surface area (Å²) in [6.45, 7) is 6.55. The van der Waals surface area contributed by atoms with Gasteiger partial charge in [-0.1, -0.05) is 20.3 Å². The van der Waals surface area contributed by atoms with E-state index in [1.807, 2.05) is 0 Å². The molecule has 3 unspecified atom stereocenters. The Kier molecular flexibility index (Phi) is 4.74. The van der Waals surface area contributed by atoms with Gasteiger partial charge in [0.1, 0.15) is 0 Å². The summed E-state index contributed by atoms with van der Waals surface area (Å²) in [4.78, 5) is 0. The van der Waals surface area contributed by atoms with Crippen molar-refractivity contribution in [3.63, 3.8) is 0 Å². The van der Waals surface area contributed by atoms with Crippen LogP contribution in [0.5, 0.6) is 0 Å². The number of ether oxygens (including phenoxy) is 1. The summed E-state index contributed by atoms with van der Waals surface area (Å²) in [5, 5.41) is 3.42. The number of hydrogen-bond acceptors (Lipinski definition) is 2. The second kappa shape index (κ2) is 5.61. The molecule has 0 saturated carbocycles. The van der Waals surface area contributed by atoms with Gasteiger partial charge in [-0.2, -0.15) is 0 Å². The van der Waals surface area contributed by atoms with Gasteiger partial charge in [-0.15, -0.1) is 0 Å². The fraction of sp³-hybridized carbons (Fsp3) is 1.00. The lowest BCUT2D eigenvalue weighted by Gasteiger charge is -2.24. The molecule has 0 aromatic carbocycles. The van der Waals surface area contributed by atoms with Crippen LogP contribution in [0.1, 0.15) is 33.1 Å². The highest BCUT2D eigenvalue weighted by atomic mass is 16.5. The molecule has 0 aliphatic carbocycles. The lowest BCUT2D eigenvalue weighted by molar-refractivity contribution is 0.178. The standard InChI is InChI=1S/C11H23NO/c1-4-9(2)11(12-3)7-10-5-6-13-8-10/h9-12H,4-8H2,1-3H3. The van der Waals surface area contributed by atoms with Gasteiger partial charge in [0.2, 0.25) is 0 Å². The van der Waals surface area contributed by atoms with Crippen molar-refractivity contribution in [1.29, 1.82) is 0 Å². The van der Waals surface area contributed by atoms with Crippen molar-refractivity contribution in [2.75, 3.05) is 20.3 Å². The van der Waals surface area contributed by atoms with Crippen LogP contribution in [0.25, 0.3) is 0 Å². The maximum Gasteiger partial charge on any atom is 0.0495 e. The zero-order chi connectivity index (χ0) is 9.68. The molecule has 78 valence electrons. The van der Waals surface area contributed by atoms with E-state index in [0.29, 0.717) is 6.04 Å². The Morgan fingerprint density at radius 2 is 2.31 bits per heavy atom. The number of hydrogen-bond donors (Lipinski definition) is 1. The average Bonchev–Trinajstić information content (AvgIpc) is 2.65. The molecule has 2 heteroatoms. The molecule has 0 spiro atoms. The first kappa shape index (κ1) is 11.0. The maximum atomic E-state index is 5.39. The Morgan fingerprint density at radius 3 is 2.77 bits per heavy atom. The minimum absolute atomic E-state index is 0.677. The van der Waals surface area contributed by atoms with E-state index < -0.39 is 0 Å². The SMILES string of the molecule is CCC(C)C(CC1CCOC1)NC. The van der Waals surface area contributed by atoms with Crippen molar-refractivity contribution in [2.24, 2.45) is 11.8 Å². The quantitative estimate of drug-likeness (QED) is 0.708. The molecule has 2 nitrogen and oxygen atoms in total. The zero-order valence-corrected chi connectivity index (χ0v) is 9.18. The smallest absolute Gasteiger partial charge is 0.0495 e. The monoisotopic (exact) mass is 185 g/mol. The van der Waals surface area contributed by atoms with E-state index in [2.05, 4.69) is 26.2 Å². The average molecular weight is 185 g/mol. The topological polar surface area (TPSA) is 21.3 Å². The van der Waals surface area contributed by atoms with Crippen LogP contribution in [0.4, 0.5) is 0 Å². The van der Waals surface area contributed by atoms with Crippen LogP contribution in [-0.4, -0.2) is 26.3 Å². The molecule has 3 atom stereocenters. The summed E-state index contributed by atoms with van der Waals surface area (Å²) in [6, 6.07) is 0.677. The fourth-order valence-electron chi connectivity index (χ4n) is 2.05. The molecular formula is C11H23NO. The highest BCUT2D eigenvalue weighted by Crippen LogP contribution is 2.22.